The van der Waals surface area contributed by atoms with Crippen LogP contribution in [0.25, 0.3) is 5.69 Å². The molecule has 1 N–H and O–H groups in total. The first-order chi connectivity index (χ1) is 16.3. The second-order valence-corrected chi connectivity index (χ2v) is 8.57. The van der Waals surface area contributed by atoms with Crippen LogP contribution in [0.5, 0.6) is 0 Å². The highest BCUT2D eigenvalue weighted by Crippen LogP contribution is 2.42. The Morgan fingerprint density at radius 2 is 1.71 bits per heavy atom. The summed E-state index contributed by atoms with van der Waals surface area (Å²) in [5.74, 6) is 0. The number of aryl methyl sites for hydroxylation is 1. The molecular weight excluding hydrogens is 457 g/mol. The zero-order valence-corrected chi connectivity index (χ0v) is 19.0. The number of anilines is 1. The molecule has 0 saturated carbocycles. The van der Waals surface area contributed by atoms with Crippen molar-refractivity contribution < 1.29 is 13.2 Å². The van der Waals surface area contributed by atoms with Gasteiger partial charge in [0.15, 0.2) is 5.11 Å². The Bertz CT molecular complexity index is 1320. The zero-order chi connectivity index (χ0) is 23.9. The molecule has 3 heterocycles. The van der Waals surface area contributed by atoms with Gasteiger partial charge in [0.05, 0.1) is 17.3 Å². The van der Waals surface area contributed by atoms with Gasteiger partial charge >= 0.3 is 6.18 Å². The quantitative estimate of drug-likeness (QED) is 0.345. The Hall–Kier alpha value is -3.65. The van der Waals surface area contributed by atoms with Gasteiger partial charge in [-0.1, -0.05) is 29.8 Å². The standard InChI is InChI=1S/C26H21F3N4S/c1-17-10-12-19(13-11-17)33-24(23(31-25(33)34)21-8-2-3-14-30-21)22-9-5-15-32(22)20-7-4-6-18(16-20)26(27,28)29/h2-16,23-24H,1H3,(H,31,34)/t23-,24+/m1/s1. The first-order valence-electron chi connectivity index (χ1n) is 10.7. The molecule has 1 aliphatic rings. The van der Waals surface area contributed by atoms with Crippen LogP contribution >= 0.6 is 12.2 Å². The summed E-state index contributed by atoms with van der Waals surface area (Å²) >= 11 is 5.74. The Kier molecular flexibility index (Phi) is 5.61. The summed E-state index contributed by atoms with van der Waals surface area (Å²) in [6.07, 6.45) is -0.934. The summed E-state index contributed by atoms with van der Waals surface area (Å²) in [6, 6.07) is 22.1. The van der Waals surface area contributed by atoms with Gasteiger partial charge in [-0.15, -0.1) is 0 Å². The van der Waals surface area contributed by atoms with Crippen molar-refractivity contribution in [2.45, 2.75) is 25.2 Å². The average Bonchev–Trinajstić information content (AvgIpc) is 3.44. The van der Waals surface area contributed by atoms with Gasteiger partial charge in [-0.05, 0) is 73.7 Å². The fourth-order valence-electron chi connectivity index (χ4n) is 4.34. The minimum atomic E-state index is -4.43. The normalized spacial score (nSPS) is 18.2. The van der Waals surface area contributed by atoms with Gasteiger partial charge in [0.25, 0.3) is 0 Å². The van der Waals surface area contributed by atoms with Crippen LogP contribution in [0.15, 0.2) is 91.3 Å². The molecule has 5 rings (SSSR count). The monoisotopic (exact) mass is 478 g/mol. The van der Waals surface area contributed by atoms with E-state index in [0.717, 1.165) is 34.8 Å². The minimum Gasteiger partial charge on any atom is -0.351 e. The van der Waals surface area contributed by atoms with Crippen LogP contribution in [0.4, 0.5) is 18.9 Å². The largest absolute Gasteiger partial charge is 0.416 e. The van der Waals surface area contributed by atoms with Crippen molar-refractivity contribution in [2.75, 3.05) is 4.90 Å². The highest BCUT2D eigenvalue weighted by molar-refractivity contribution is 7.80. The van der Waals surface area contributed by atoms with Crippen LogP contribution in [0.3, 0.4) is 0 Å². The second-order valence-electron chi connectivity index (χ2n) is 8.18. The lowest BCUT2D eigenvalue weighted by Crippen LogP contribution is -2.30. The molecule has 1 saturated heterocycles. The first-order valence-corrected chi connectivity index (χ1v) is 11.2. The van der Waals surface area contributed by atoms with Gasteiger partial charge in [0.2, 0.25) is 0 Å². The van der Waals surface area contributed by atoms with E-state index in [1.807, 2.05) is 66.4 Å². The third-order valence-corrected chi connectivity index (χ3v) is 6.26. The number of pyridine rings is 1. The fraction of sp³-hybridized carbons (Fsp3) is 0.154. The van der Waals surface area contributed by atoms with Crippen LogP contribution in [-0.2, 0) is 6.18 Å². The molecule has 2 atom stereocenters. The number of halogens is 3. The molecule has 4 aromatic rings. The van der Waals surface area contributed by atoms with Crippen molar-refractivity contribution in [3.05, 3.63) is 114 Å². The number of hydrogen-bond acceptors (Lipinski definition) is 2. The molecule has 1 aliphatic heterocycles. The van der Waals surface area contributed by atoms with E-state index in [9.17, 15) is 13.2 Å². The van der Waals surface area contributed by atoms with Crippen LogP contribution in [-0.4, -0.2) is 14.7 Å². The van der Waals surface area contributed by atoms with Gasteiger partial charge in [0, 0.05) is 29.5 Å². The fourth-order valence-corrected chi connectivity index (χ4v) is 4.69. The van der Waals surface area contributed by atoms with Crippen molar-refractivity contribution in [1.29, 1.82) is 0 Å². The Labute approximate surface area is 200 Å². The van der Waals surface area contributed by atoms with E-state index in [2.05, 4.69) is 10.3 Å². The predicted molar refractivity (Wildman–Crippen MR) is 130 cm³/mol. The smallest absolute Gasteiger partial charge is 0.351 e. The Morgan fingerprint density at radius 3 is 2.41 bits per heavy atom. The molecule has 0 amide bonds. The molecule has 0 spiro atoms. The summed E-state index contributed by atoms with van der Waals surface area (Å²) in [5, 5.41) is 3.92. The molecule has 1 fully saturated rings. The number of alkyl halides is 3. The first kappa shape index (κ1) is 22.2. The number of thiocarbonyl (C=S) groups is 1. The predicted octanol–water partition coefficient (Wildman–Crippen LogP) is 6.38. The van der Waals surface area contributed by atoms with Gasteiger partial charge in [-0.25, -0.2) is 0 Å². The van der Waals surface area contributed by atoms with E-state index in [-0.39, 0.29) is 12.1 Å². The van der Waals surface area contributed by atoms with E-state index in [1.165, 1.54) is 6.07 Å². The number of nitrogens with zero attached hydrogens (tertiary/aromatic N) is 3. The number of benzene rings is 2. The van der Waals surface area contributed by atoms with E-state index in [1.54, 1.807) is 23.0 Å². The third-order valence-electron chi connectivity index (χ3n) is 5.95. The molecule has 172 valence electrons. The third kappa shape index (κ3) is 4.05. The zero-order valence-electron chi connectivity index (χ0n) is 18.2. The van der Waals surface area contributed by atoms with Crippen molar-refractivity contribution >= 4 is 23.0 Å². The second kappa shape index (κ2) is 8.61. The van der Waals surface area contributed by atoms with Crippen molar-refractivity contribution in [3.8, 4) is 5.69 Å². The van der Waals surface area contributed by atoms with Gasteiger partial charge in [-0.3, -0.25) is 4.98 Å². The summed E-state index contributed by atoms with van der Waals surface area (Å²) in [5.41, 5.74) is 3.33. The minimum absolute atomic E-state index is 0.297. The van der Waals surface area contributed by atoms with Crippen LogP contribution in [0.2, 0.25) is 0 Å². The molecule has 0 radical (unpaired) electrons. The Balaban J connectivity index is 1.66. The van der Waals surface area contributed by atoms with Gasteiger partial charge < -0.3 is 14.8 Å². The summed E-state index contributed by atoms with van der Waals surface area (Å²) in [7, 11) is 0. The maximum absolute atomic E-state index is 13.4. The summed E-state index contributed by atoms with van der Waals surface area (Å²) in [6.45, 7) is 2.01. The molecule has 2 aromatic heterocycles. The van der Waals surface area contributed by atoms with Crippen molar-refractivity contribution in [2.24, 2.45) is 0 Å². The topological polar surface area (TPSA) is 33.1 Å². The molecule has 0 bridgehead atoms. The highest BCUT2D eigenvalue weighted by atomic mass is 32.1. The highest BCUT2D eigenvalue weighted by Gasteiger charge is 2.42. The van der Waals surface area contributed by atoms with Gasteiger partial charge in [0.1, 0.15) is 6.04 Å². The van der Waals surface area contributed by atoms with Crippen molar-refractivity contribution in [1.82, 2.24) is 14.9 Å². The van der Waals surface area contributed by atoms with Crippen LogP contribution < -0.4 is 10.2 Å². The van der Waals surface area contributed by atoms with Crippen molar-refractivity contribution in [3.63, 3.8) is 0 Å². The molecule has 2 aromatic carbocycles. The molecule has 8 heteroatoms. The number of aromatic nitrogens is 2. The van der Waals surface area contributed by atoms with Crippen LogP contribution in [0, 0.1) is 6.92 Å². The lowest BCUT2D eigenvalue weighted by Gasteiger charge is -2.29. The average molecular weight is 479 g/mol. The maximum atomic E-state index is 13.4. The molecule has 34 heavy (non-hydrogen) atoms. The number of hydrogen-bond donors (Lipinski definition) is 1. The lowest BCUT2D eigenvalue weighted by atomic mass is 10.0. The SMILES string of the molecule is Cc1ccc(N2C(=S)N[C@H](c3ccccn3)[C@@H]2c2cccn2-c2cccc(C(F)(F)F)c2)cc1. The molecule has 0 unspecified atom stereocenters. The van der Waals surface area contributed by atoms with Crippen LogP contribution in [0.1, 0.15) is 34.6 Å². The molecular formula is C26H21F3N4S. The van der Waals surface area contributed by atoms with E-state index in [4.69, 9.17) is 12.2 Å². The van der Waals surface area contributed by atoms with E-state index < -0.39 is 11.7 Å². The number of nitrogens with one attached hydrogen (secondary N) is 1. The number of rotatable bonds is 4. The van der Waals surface area contributed by atoms with E-state index in [0.29, 0.717) is 10.8 Å². The maximum Gasteiger partial charge on any atom is 0.416 e. The Morgan fingerprint density at radius 1 is 0.912 bits per heavy atom. The summed E-state index contributed by atoms with van der Waals surface area (Å²) in [4.78, 5) is 6.55. The molecule has 0 aliphatic carbocycles. The summed E-state index contributed by atoms with van der Waals surface area (Å²) < 4.78 is 42.0. The molecule has 4 nitrogen and oxygen atoms in total. The van der Waals surface area contributed by atoms with E-state index >= 15 is 0 Å². The van der Waals surface area contributed by atoms with Gasteiger partial charge in [-0.2, -0.15) is 13.2 Å². The lowest BCUT2D eigenvalue weighted by molar-refractivity contribution is -0.137.